The van der Waals surface area contributed by atoms with E-state index in [4.69, 9.17) is 4.74 Å². The van der Waals surface area contributed by atoms with Crippen LogP contribution in [-0.4, -0.2) is 6.61 Å². The van der Waals surface area contributed by atoms with Crippen LogP contribution in [0.15, 0.2) is 41.8 Å². The monoisotopic (exact) mass is 311 g/mol. The number of nitrogens with one attached hydrogen (secondary N) is 1. The molecule has 1 N–H and O–H groups in total. The smallest absolute Gasteiger partial charge is 0.119 e. The molecule has 1 aromatic carbocycles. The molecule has 0 fully saturated rings. The molecule has 1 aliphatic heterocycles. The zero-order chi connectivity index (χ0) is 15.1. The van der Waals surface area contributed by atoms with E-state index < -0.39 is 0 Å². The van der Waals surface area contributed by atoms with Crippen molar-refractivity contribution in [3.63, 3.8) is 0 Å². The topological polar surface area (TPSA) is 21.3 Å². The Labute approximate surface area is 135 Å². The maximum Gasteiger partial charge on any atom is 0.119 e. The number of anilines is 1. The summed E-state index contributed by atoms with van der Waals surface area (Å²) in [5, 5.41) is 6.00. The van der Waals surface area contributed by atoms with Gasteiger partial charge in [0.25, 0.3) is 0 Å². The Kier molecular flexibility index (Phi) is 3.45. The Hall–Kier alpha value is -1.74. The largest absolute Gasteiger partial charge is 0.494 e. The Bertz CT molecular complexity index is 718. The van der Waals surface area contributed by atoms with Gasteiger partial charge >= 0.3 is 0 Å². The van der Waals surface area contributed by atoms with Gasteiger partial charge in [-0.2, -0.15) is 0 Å². The maximum absolute atomic E-state index is 5.69. The molecule has 3 atom stereocenters. The third kappa shape index (κ3) is 2.15. The van der Waals surface area contributed by atoms with Gasteiger partial charge in [0.05, 0.1) is 12.6 Å². The molecule has 1 aliphatic carbocycles. The van der Waals surface area contributed by atoms with Crippen LogP contribution < -0.4 is 10.1 Å². The van der Waals surface area contributed by atoms with Gasteiger partial charge < -0.3 is 10.1 Å². The minimum atomic E-state index is 0.422. The summed E-state index contributed by atoms with van der Waals surface area (Å²) in [6.45, 7) is 4.97. The van der Waals surface area contributed by atoms with Crippen molar-refractivity contribution in [1.82, 2.24) is 0 Å². The summed E-state index contributed by atoms with van der Waals surface area (Å²) in [7, 11) is 0. The van der Waals surface area contributed by atoms with Gasteiger partial charge in [0, 0.05) is 16.5 Å². The Morgan fingerprint density at radius 2 is 2.23 bits per heavy atom. The van der Waals surface area contributed by atoms with Gasteiger partial charge in [-0.3, -0.25) is 0 Å². The molecule has 1 aromatic heterocycles. The van der Waals surface area contributed by atoms with E-state index in [9.17, 15) is 0 Å². The fourth-order valence-electron chi connectivity index (χ4n) is 3.79. The van der Waals surface area contributed by atoms with Crippen molar-refractivity contribution in [2.45, 2.75) is 32.2 Å². The number of hydrogen-bond donors (Lipinski definition) is 1. The number of aryl methyl sites for hydroxylation is 1. The van der Waals surface area contributed by atoms with E-state index >= 15 is 0 Å². The first kappa shape index (κ1) is 13.9. The Morgan fingerprint density at radius 3 is 3.00 bits per heavy atom. The molecular formula is C19H21NOS. The SMILES string of the molecule is CCOc1ccc2c(c1)C1C=CCC1C(c1sccc1C)N2. The number of benzene rings is 1. The second-order valence-electron chi connectivity index (χ2n) is 6.13. The lowest BCUT2D eigenvalue weighted by Gasteiger charge is -2.37. The molecule has 2 nitrogen and oxygen atoms in total. The fraction of sp³-hybridized carbons (Fsp3) is 0.368. The summed E-state index contributed by atoms with van der Waals surface area (Å²) in [5.74, 6) is 2.10. The highest BCUT2D eigenvalue weighted by atomic mass is 32.1. The highest BCUT2D eigenvalue weighted by Gasteiger charge is 2.38. The summed E-state index contributed by atoms with van der Waals surface area (Å²) in [4.78, 5) is 1.48. The van der Waals surface area contributed by atoms with Crippen molar-refractivity contribution in [1.29, 1.82) is 0 Å². The number of hydrogen-bond acceptors (Lipinski definition) is 3. The van der Waals surface area contributed by atoms with E-state index in [0.29, 0.717) is 24.5 Å². The van der Waals surface area contributed by atoms with Gasteiger partial charge in [-0.05, 0) is 67.0 Å². The minimum Gasteiger partial charge on any atom is -0.494 e. The lowest BCUT2D eigenvalue weighted by atomic mass is 9.78. The molecule has 0 radical (unpaired) electrons. The average molecular weight is 311 g/mol. The second kappa shape index (κ2) is 5.47. The van der Waals surface area contributed by atoms with Crippen LogP contribution in [-0.2, 0) is 0 Å². The third-order valence-corrected chi connectivity index (χ3v) is 5.93. The van der Waals surface area contributed by atoms with Gasteiger partial charge in [0.15, 0.2) is 0 Å². The van der Waals surface area contributed by atoms with E-state index in [1.165, 1.54) is 21.7 Å². The van der Waals surface area contributed by atoms with Crippen LogP contribution >= 0.6 is 11.3 Å². The van der Waals surface area contributed by atoms with Crippen LogP contribution in [0.25, 0.3) is 0 Å². The van der Waals surface area contributed by atoms with Gasteiger partial charge in [0.2, 0.25) is 0 Å². The van der Waals surface area contributed by atoms with Crippen molar-refractivity contribution in [2.75, 3.05) is 11.9 Å². The third-order valence-electron chi connectivity index (χ3n) is 4.83. The van der Waals surface area contributed by atoms with Crippen LogP contribution in [0.1, 0.15) is 41.3 Å². The summed E-state index contributed by atoms with van der Waals surface area (Å²) in [6, 6.07) is 9.12. The van der Waals surface area contributed by atoms with Crippen LogP contribution in [0.3, 0.4) is 0 Å². The van der Waals surface area contributed by atoms with Crippen molar-refractivity contribution >= 4 is 17.0 Å². The first-order valence-corrected chi connectivity index (χ1v) is 8.90. The molecule has 22 heavy (non-hydrogen) atoms. The van der Waals surface area contributed by atoms with Gasteiger partial charge in [0.1, 0.15) is 5.75 Å². The van der Waals surface area contributed by atoms with Gasteiger partial charge in [-0.1, -0.05) is 12.2 Å². The summed E-state index contributed by atoms with van der Waals surface area (Å²) >= 11 is 1.88. The predicted octanol–water partition coefficient (Wildman–Crippen LogP) is 5.28. The molecule has 0 saturated heterocycles. The molecule has 2 aliphatic rings. The number of allylic oxidation sites excluding steroid dienone is 2. The molecule has 3 unspecified atom stereocenters. The molecule has 3 heteroatoms. The minimum absolute atomic E-state index is 0.422. The van der Waals surface area contributed by atoms with Crippen LogP contribution in [0.4, 0.5) is 5.69 Å². The zero-order valence-corrected chi connectivity index (χ0v) is 13.8. The normalized spacial score (nSPS) is 25.5. The van der Waals surface area contributed by atoms with Crippen molar-refractivity contribution < 1.29 is 4.74 Å². The average Bonchev–Trinajstić information content (AvgIpc) is 3.16. The lowest BCUT2D eigenvalue weighted by molar-refractivity contribution is 0.338. The standard InChI is InChI=1S/C19H21NOS/c1-3-21-13-7-8-17-16(11-13)14-5-4-6-15(14)18(20-17)19-12(2)9-10-22-19/h4-5,7-11,14-15,18,20H,3,6H2,1-2H3. The van der Waals surface area contributed by atoms with Gasteiger partial charge in [-0.25, -0.2) is 0 Å². The van der Waals surface area contributed by atoms with E-state index in [0.717, 1.165) is 12.2 Å². The molecule has 0 saturated carbocycles. The Balaban J connectivity index is 1.75. The van der Waals surface area contributed by atoms with E-state index in [-0.39, 0.29) is 0 Å². The summed E-state index contributed by atoms with van der Waals surface area (Å²) in [6.07, 6.45) is 5.88. The molecule has 2 aromatic rings. The molecule has 0 spiro atoms. The highest BCUT2D eigenvalue weighted by molar-refractivity contribution is 7.10. The predicted molar refractivity (Wildman–Crippen MR) is 93.0 cm³/mol. The molecule has 114 valence electrons. The summed E-state index contributed by atoms with van der Waals surface area (Å²) < 4.78 is 5.69. The lowest BCUT2D eigenvalue weighted by Crippen LogP contribution is -2.28. The first-order valence-electron chi connectivity index (χ1n) is 8.02. The molecule has 0 amide bonds. The van der Waals surface area contributed by atoms with E-state index in [1.54, 1.807) is 0 Å². The number of fused-ring (bicyclic) bond motifs is 3. The fourth-order valence-corrected chi connectivity index (χ4v) is 4.84. The van der Waals surface area contributed by atoms with E-state index in [1.807, 2.05) is 18.3 Å². The number of rotatable bonds is 3. The second-order valence-corrected chi connectivity index (χ2v) is 7.07. The maximum atomic E-state index is 5.69. The highest BCUT2D eigenvalue weighted by Crippen LogP contribution is 2.51. The van der Waals surface area contributed by atoms with Crippen molar-refractivity contribution in [3.8, 4) is 5.75 Å². The summed E-state index contributed by atoms with van der Waals surface area (Å²) in [5.41, 5.74) is 4.05. The van der Waals surface area contributed by atoms with Crippen molar-refractivity contribution in [2.24, 2.45) is 5.92 Å². The van der Waals surface area contributed by atoms with Crippen LogP contribution in [0, 0.1) is 12.8 Å². The van der Waals surface area contributed by atoms with Gasteiger partial charge in [-0.15, -0.1) is 11.3 Å². The molecule has 0 bridgehead atoms. The van der Waals surface area contributed by atoms with Crippen LogP contribution in [0.5, 0.6) is 5.75 Å². The van der Waals surface area contributed by atoms with Crippen LogP contribution in [0.2, 0.25) is 0 Å². The molecule has 2 heterocycles. The van der Waals surface area contributed by atoms with Crippen molar-refractivity contribution in [3.05, 3.63) is 57.8 Å². The molecule has 4 rings (SSSR count). The number of thiophene rings is 1. The molecular weight excluding hydrogens is 290 g/mol. The number of ether oxygens (including phenoxy) is 1. The Morgan fingerprint density at radius 1 is 1.32 bits per heavy atom. The quantitative estimate of drug-likeness (QED) is 0.778. The van der Waals surface area contributed by atoms with E-state index in [2.05, 4.69) is 54.0 Å². The zero-order valence-electron chi connectivity index (χ0n) is 13.0. The first-order chi connectivity index (χ1) is 10.8.